The molecule has 0 heterocycles. The van der Waals surface area contributed by atoms with Crippen LogP contribution in [0.3, 0.4) is 0 Å². The number of hydrogen-bond donors (Lipinski definition) is 3. The van der Waals surface area contributed by atoms with Gasteiger partial charge in [-0.1, -0.05) is 22.0 Å². The fourth-order valence-corrected chi connectivity index (χ4v) is 1.67. The van der Waals surface area contributed by atoms with Crippen LogP contribution in [0.25, 0.3) is 6.08 Å². The lowest BCUT2D eigenvalue weighted by Crippen LogP contribution is -2.33. The van der Waals surface area contributed by atoms with Crippen molar-refractivity contribution in [1.82, 2.24) is 5.32 Å². The van der Waals surface area contributed by atoms with Crippen LogP contribution >= 0.6 is 15.9 Å². The van der Waals surface area contributed by atoms with E-state index in [1.165, 1.54) is 12.2 Å². The second-order valence-corrected chi connectivity index (χ2v) is 5.80. The summed E-state index contributed by atoms with van der Waals surface area (Å²) in [6, 6.07) is 4.46. The van der Waals surface area contributed by atoms with E-state index in [1.807, 2.05) is 24.4 Å². The highest BCUT2D eigenvalue weighted by Gasteiger charge is 2.09. The summed E-state index contributed by atoms with van der Waals surface area (Å²) in [4.78, 5) is 33.1. The fourth-order valence-electron chi connectivity index (χ4n) is 1.56. The zero-order valence-electron chi connectivity index (χ0n) is 11.6. The SMILES string of the molecule is Cc1cc(/C=C/C(=O)NC(N)=O)cc(NC(=O)C(C)Br)c1. The van der Waals surface area contributed by atoms with Crippen LogP contribution in [0.1, 0.15) is 18.1 Å². The van der Waals surface area contributed by atoms with Gasteiger partial charge in [-0.15, -0.1) is 0 Å². The average molecular weight is 354 g/mol. The molecule has 0 spiro atoms. The van der Waals surface area contributed by atoms with Crippen molar-refractivity contribution in [2.75, 3.05) is 5.32 Å². The minimum absolute atomic E-state index is 0.165. The predicted molar refractivity (Wildman–Crippen MR) is 85.0 cm³/mol. The number of aryl methyl sites for hydroxylation is 1. The zero-order chi connectivity index (χ0) is 16.0. The molecule has 0 fully saturated rings. The molecule has 0 saturated heterocycles. The summed E-state index contributed by atoms with van der Waals surface area (Å²) in [5.41, 5.74) is 7.10. The van der Waals surface area contributed by atoms with Gasteiger partial charge in [0.25, 0.3) is 5.91 Å². The first kappa shape index (κ1) is 16.9. The van der Waals surface area contributed by atoms with Crippen LogP contribution in [0.4, 0.5) is 10.5 Å². The maximum absolute atomic E-state index is 11.6. The van der Waals surface area contributed by atoms with Crippen molar-refractivity contribution in [3.8, 4) is 0 Å². The largest absolute Gasteiger partial charge is 0.351 e. The summed E-state index contributed by atoms with van der Waals surface area (Å²) >= 11 is 3.18. The van der Waals surface area contributed by atoms with Gasteiger partial charge in [0.1, 0.15) is 0 Å². The molecule has 1 atom stereocenters. The Morgan fingerprint density at radius 2 is 1.95 bits per heavy atom. The Morgan fingerprint density at radius 3 is 2.52 bits per heavy atom. The molecule has 6 nitrogen and oxygen atoms in total. The standard InChI is InChI=1S/C14H16BrN3O3/c1-8-5-10(3-4-12(19)18-14(16)21)7-11(6-8)17-13(20)9(2)15/h3-7,9H,1-2H3,(H,17,20)(H3,16,18,19,21)/b4-3+. The van der Waals surface area contributed by atoms with E-state index in [2.05, 4.69) is 21.2 Å². The molecule has 1 aromatic carbocycles. The Hall–Kier alpha value is -2.15. The molecule has 21 heavy (non-hydrogen) atoms. The number of amides is 4. The molecule has 0 aliphatic heterocycles. The number of rotatable bonds is 4. The van der Waals surface area contributed by atoms with E-state index >= 15 is 0 Å². The van der Waals surface area contributed by atoms with Crippen LogP contribution in [0.5, 0.6) is 0 Å². The third kappa shape index (κ3) is 6.22. The third-order valence-electron chi connectivity index (χ3n) is 2.40. The highest BCUT2D eigenvalue weighted by atomic mass is 79.9. The normalized spacial score (nSPS) is 12.0. The number of hydrogen-bond acceptors (Lipinski definition) is 3. The van der Waals surface area contributed by atoms with Gasteiger partial charge in [-0.3, -0.25) is 14.9 Å². The molecule has 0 aromatic heterocycles. The van der Waals surface area contributed by atoms with E-state index < -0.39 is 11.9 Å². The molecule has 1 aromatic rings. The van der Waals surface area contributed by atoms with Gasteiger partial charge < -0.3 is 11.1 Å². The number of nitrogens with two attached hydrogens (primary N) is 1. The molecule has 0 aliphatic rings. The van der Waals surface area contributed by atoms with Gasteiger partial charge in [0, 0.05) is 11.8 Å². The van der Waals surface area contributed by atoms with Crippen LogP contribution in [-0.2, 0) is 9.59 Å². The van der Waals surface area contributed by atoms with Crippen LogP contribution in [0, 0.1) is 6.92 Å². The Balaban J connectivity index is 2.87. The van der Waals surface area contributed by atoms with Gasteiger partial charge in [0.2, 0.25) is 5.91 Å². The number of carbonyl (C=O) groups excluding carboxylic acids is 3. The van der Waals surface area contributed by atoms with Crippen LogP contribution in [-0.4, -0.2) is 22.7 Å². The lowest BCUT2D eigenvalue weighted by molar-refractivity contribution is -0.116. The van der Waals surface area contributed by atoms with E-state index in [4.69, 9.17) is 5.73 Å². The quantitative estimate of drug-likeness (QED) is 0.569. The molecule has 0 saturated carbocycles. The summed E-state index contributed by atoms with van der Waals surface area (Å²) < 4.78 is 0. The van der Waals surface area contributed by atoms with Crippen molar-refractivity contribution in [1.29, 1.82) is 0 Å². The molecule has 0 bridgehead atoms. The first-order valence-corrected chi connectivity index (χ1v) is 7.04. The number of urea groups is 1. The van der Waals surface area contributed by atoms with Crippen molar-refractivity contribution >= 4 is 45.5 Å². The zero-order valence-corrected chi connectivity index (χ0v) is 13.2. The predicted octanol–water partition coefficient (Wildman–Crippen LogP) is 1.93. The smallest absolute Gasteiger partial charge is 0.319 e. The molecule has 4 N–H and O–H groups in total. The molecule has 112 valence electrons. The highest BCUT2D eigenvalue weighted by molar-refractivity contribution is 9.10. The van der Waals surface area contributed by atoms with E-state index in [-0.39, 0.29) is 10.7 Å². The molecule has 0 radical (unpaired) electrons. The molecular formula is C14H16BrN3O3. The molecular weight excluding hydrogens is 338 g/mol. The maximum atomic E-state index is 11.6. The molecule has 1 rings (SSSR count). The van der Waals surface area contributed by atoms with Gasteiger partial charge in [-0.05, 0) is 43.2 Å². The lowest BCUT2D eigenvalue weighted by Gasteiger charge is -2.08. The van der Waals surface area contributed by atoms with Gasteiger partial charge in [-0.25, -0.2) is 4.79 Å². The van der Waals surface area contributed by atoms with Gasteiger partial charge in [0.15, 0.2) is 0 Å². The first-order valence-electron chi connectivity index (χ1n) is 6.13. The van der Waals surface area contributed by atoms with Crippen molar-refractivity contribution in [3.63, 3.8) is 0 Å². The monoisotopic (exact) mass is 353 g/mol. The summed E-state index contributed by atoms with van der Waals surface area (Å²) in [6.07, 6.45) is 2.72. The molecule has 0 aliphatic carbocycles. The molecule has 7 heteroatoms. The summed E-state index contributed by atoms with van der Waals surface area (Å²) in [5, 5.41) is 4.67. The molecule has 4 amide bonds. The number of nitrogens with one attached hydrogen (secondary N) is 2. The summed E-state index contributed by atoms with van der Waals surface area (Å²) in [6.45, 7) is 3.59. The first-order chi connectivity index (χ1) is 9.77. The van der Waals surface area contributed by atoms with Crippen LogP contribution in [0.2, 0.25) is 0 Å². The Bertz CT molecular complexity index is 597. The number of anilines is 1. The second-order valence-electron chi connectivity index (χ2n) is 4.42. The number of primary amides is 1. The fraction of sp³-hybridized carbons (Fsp3) is 0.214. The Kier molecular flexibility index (Phi) is 6.10. The van der Waals surface area contributed by atoms with Crippen molar-refractivity contribution < 1.29 is 14.4 Å². The summed E-state index contributed by atoms with van der Waals surface area (Å²) in [5.74, 6) is -0.773. The number of carbonyl (C=O) groups is 3. The number of benzene rings is 1. The molecule has 1 unspecified atom stereocenters. The minimum atomic E-state index is -0.909. The van der Waals surface area contributed by atoms with Crippen molar-refractivity contribution in [2.45, 2.75) is 18.7 Å². The minimum Gasteiger partial charge on any atom is -0.351 e. The van der Waals surface area contributed by atoms with Crippen molar-refractivity contribution in [3.05, 3.63) is 35.4 Å². The van der Waals surface area contributed by atoms with E-state index in [9.17, 15) is 14.4 Å². The number of imide groups is 1. The van der Waals surface area contributed by atoms with Crippen LogP contribution < -0.4 is 16.4 Å². The van der Waals surface area contributed by atoms with Gasteiger partial charge in [0.05, 0.1) is 4.83 Å². The second kappa shape index (κ2) is 7.58. The van der Waals surface area contributed by atoms with E-state index in [0.29, 0.717) is 11.3 Å². The Labute approximate surface area is 130 Å². The van der Waals surface area contributed by atoms with Gasteiger partial charge in [-0.2, -0.15) is 0 Å². The maximum Gasteiger partial charge on any atom is 0.319 e. The van der Waals surface area contributed by atoms with Gasteiger partial charge >= 0.3 is 6.03 Å². The van der Waals surface area contributed by atoms with Crippen LogP contribution in [0.15, 0.2) is 24.3 Å². The van der Waals surface area contributed by atoms with E-state index in [1.54, 1.807) is 13.0 Å². The summed E-state index contributed by atoms with van der Waals surface area (Å²) in [7, 11) is 0. The lowest BCUT2D eigenvalue weighted by atomic mass is 10.1. The topological polar surface area (TPSA) is 101 Å². The van der Waals surface area contributed by atoms with E-state index in [0.717, 1.165) is 5.56 Å². The average Bonchev–Trinajstić information content (AvgIpc) is 2.34. The van der Waals surface area contributed by atoms with Crippen molar-refractivity contribution in [2.24, 2.45) is 5.73 Å². The highest BCUT2D eigenvalue weighted by Crippen LogP contribution is 2.16. The Morgan fingerprint density at radius 1 is 1.29 bits per heavy atom. The third-order valence-corrected chi connectivity index (χ3v) is 2.82. The number of alkyl halides is 1. The number of halogens is 1.